The molecule has 13 nitrogen and oxygen atoms in total. The van der Waals surface area contributed by atoms with Crippen LogP contribution in [0.1, 0.15) is 10.4 Å². The third kappa shape index (κ3) is 20.5. The Hall–Kier alpha value is -2.07. The van der Waals surface area contributed by atoms with Crippen molar-refractivity contribution in [1.82, 2.24) is 0 Å². The highest BCUT2D eigenvalue weighted by atomic mass is 16.6. The van der Waals surface area contributed by atoms with E-state index in [-0.39, 0.29) is 19.8 Å². The fourth-order valence-corrected chi connectivity index (χ4v) is 3.04. The van der Waals surface area contributed by atoms with Crippen LogP contribution in [0.3, 0.4) is 0 Å². The largest absolute Gasteiger partial charge is 0.487 e. The van der Waals surface area contributed by atoms with Gasteiger partial charge in [0.25, 0.3) is 0 Å². The number of hydrogen-bond donors (Lipinski definition) is 0. The van der Waals surface area contributed by atoms with Crippen molar-refractivity contribution in [3.63, 3.8) is 0 Å². The summed E-state index contributed by atoms with van der Waals surface area (Å²) in [7, 11) is 4.86. The lowest BCUT2D eigenvalue weighted by molar-refractivity contribution is 0.0146. The van der Waals surface area contributed by atoms with Crippen LogP contribution < -0.4 is 14.2 Å². The summed E-state index contributed by atoms with van der Waals surface area (Å²) in [5.74, 6) is 1.08. The van der Waals surface area contributed by atoms with Crippen LogP contribution in [-0.4, -0.2) is 147 Å². The summed E-state index contributed by atoms with van der Waals surface area (Å²) in [6, 6.07) is 3.20. The summed E-state index contributed by atoms with van der Waals surface area (Å²) in [6.45, 7) is 7.41. The molecule has 238 valence electrons. The lowest BCUT2D eigenvalue weighted by atomic mass is 10.2. The Morgan fingerprint density at radius 3 is 1.05 bits per heavy atom. The van der Waals surface area contributed by atoms with E-state index in [4.69, 9.17) is 56.8 Å². The predicted octanol–water partition coefficient (Wildman–Crippen LogP) is 1.67. The number of carbonyl (C=O) groups is 1. The van der Waals surface area contributed by atoms with Gasteiger partial charge in [0, 0.05) is 26.9 Å². The molecule has 0 atom stereocenters. The second kappa shape index (κ2) is 28.1. The minimum atomic E-state index is 0.232. The van der Waals surface area contributed by atoms with E-state index in [1.54, 1.807) is 33.5 Å². The third-order valence-electron chi connectivity index (χ3n) is 5.04. The molecule has 0 heterocycles. The molecule has 0 radical (unpaired) electrons. The van der Waals surface area contributed by atoms with Gasteiger partial charge in [0.05, 0.1) is 99.1 Å². The number of methoxy groups -OCH3 is 3. The number of benzene rings is 1. The van der Waals surface area contributed by atoms with E-state index in [9.17, 15) is 4.79 Å². The Kier molecular flexibility index (Phi) is 25.3. The van der Waals surface area contributed by atoms with Gasteiger partial charge in [0.2, 0.25) is 5.75 Å². The van der Waals surface area contributed by atoms with Gasteiger partial charge in [0.1, 0.15) is 26.1 Å². The van der Waals surface area contributed by atoms with Crippen LogP contribution in [0.15, 0.2) is 12.1 Å². The summed E-state index contributed by atoms with van der Waals surface area (Å²) >= 11 is 0. The summed E-state index contributed by atoms with van der Waals surface area (Å²) in [6.07, 6.45) is 0.720. The highest BCUT2D eigenvalue weighted by Gasteiger charge is 2.16. The molecular weight excluding hydrogens is 544 g/mol. The SMILES string of the molecule is COCCOCCOCCOc1cc(C=O)cc(OCCOCCOCCOC)c1OCCOCCOCCOC. The molecule has 41 heavy (non-hydrogen) atoms. The Morgan fingerprint density at radius 2 is 0.732 bits per heavy atom. The minimum Gasteiger partial charge on any atom is -0.487 e. The highest BCUT2D eigenvalue weighted by molar-refractivity contribution is 5.78. The van der Waals surface area contributed by atoms with Gasteiger partial charge in [-0.2, -0.15) is 0 Å². The average Bonchev–Trinajstić information content (AvgIpc) is 2.99. The molecule has 0 aliphatic heterocycles. The van der Waals surface area contributed by atoms with E-state index in [2.05, 4.69) is 0 Å². The average molecular weight is 593 g/mol. The quantitative estimate of drug-likeness (QED) is 0.0917. The number of rotatable bonds is 31. The fourth-order valence-electron chi connectivity index (χ4n) is 3.04. The second-order valence-electron chi connectivity index (χ2n) is 8.16. The van der Waals surface area contributed by atoms with Crippen molar-refractivity contribution in [3.8, 4) is 17.2 Å². The maximum Gasteiger partial charge on any atom is 0.203 e. The zero-order chi connectivity index (χ0) is 29.6. The van der Waals surface area contributed by atoms with Gasteiger partial charge in [-0.05, 0) is 12.1 Å². The number of ether oxygens (including phenoxy) is 12. The topological polar surface area (TPSA) is 128 Å². The molecule has 0 aliphatic rings. The lowest BCUT2D eigenvalue weighted by Crippen LogP contribution is -2.15. The van der Waals surface area contributed by atoms with E-state index in [1.807, 2.05) is 0 Å². The summed E-state index contributed by atoms with van der Waals surface area (Å²) in [5, 5.41) is 0. The Labute approximate surface area is 243 Å². The van der Waals surface area contributed by atoms with E-state index in [1.165, 1.54) is 0 Å². The molecule has 0 aromatic heterocycles. The van der Waals surface area contributed by atoms with E-state index >= 15 is 0 Å². The Morgan fingerprint density at radius 1 is 0.439 bits per heavy atom. The van der Waals surface area contributed by atoms with Gasteiger partial charge in [-0.3, -0.25) is 4.79 Å². The first kappa shape index (κ1) is 37.0. The maximum absolute atomic E-state index is 11.6. The second-order valence-corrected chi connectivity index (χ2v) is 8.16. The van der Waals surface area contributed by atoms with E-state index in [0.717, 1.165) is 6.29 Å². The van der Waals surface area contributed by atoms with Crippen LogP contribution in [0.2, 0.25) is 0 Å². The van der Waals surface area contributed by atoms with Gasteiger partial charge in [-0.15, -0.1) is 0 Å². The molecule has 0 N–H and O–H groups in total. The molecule has 0 amide bonds. The molecule has 0 bridgehead atoms. The van der Waals surface area contributed by atoms with Crippen molar-refractivity contribution in [2.45, 2.75) is 0 Å². The van der Waals surface area contributed by atoms with Crippen LogP contribution in [-0.2, 0) is 42.6 Å². The van der Waals surface area contributed by atoms with Gasteiger partial charge in [-0.1, -0.05) is 0 Å². The third-order valence-corrected chi connectivity index (χ3v) is 5.04. The van der Waals surface area contributed by atoms with Crippen molar-refractivity contribution in [1.29, 1.82) is 0 Å². The van der Waals surface area contributed by atoms with Gasteiger partial charge >= 0.3 is 0 Å². The highest BCUT2D eigenvalue weighted by Crippen LogP contribution is 2.38. The molecule has 0 aliphatic carbocycles. The van der Waals surface area contributed by atoms with Crippen molar-refractivity contribution >= 4 is 6.29 Å². The van der Waals surface area contributed by atoms with E-state index in [0.29, 0.717) is 122 Å². The molecule has 13 heteroatoms. The van der Waals surface area contributed by atoms with Crippen molar-refractivity contribution in [2.24, 2.45) is 0 Å². The monoisotopic (exact) mass is 592 g/mol. The molecule has 1 aromatic carbocycles. The molecule has 1 aromatic rings. The molecule has 0 saturated carbocycles. The zero-order valence-electron chi connectivity index (χ0n) is 24.8. The lowest BCUT2D eigenvalue weighted by Gasteiger charge is -2.18. The van der Waals surface area contributed by atoms with Crippen LogP contribution in [0.25, 0.3) is 0 Å². The Balaban J connectivity index is 2.61. The molecule has 0 saturated heterocycles. The summed E-state index contributed by atoms with van der Waals surface area (Å²) in [4.78, 5) is 11.6. The first-order valence-electron chi connectivity index (χ1n) is 13.7. The van der Waals surface area contributed by atoms with Crippen molar-refractivity contribution in [2.75, 3.05) is 140 Å². The molecule has 0 spiro atoms. The van der Waals surface area contributed by atoms with Crippen LogP contribution >= 0.6 is 0 Å². The first-order valence-corrected chi connectivity index (χ1v) is 13.7. The Bertz CT molecular complexity index is 692. The summed E-state index contributed by atoms with van der Waals surface area (Å²) < 4.78 is 65.4. The minimum absolute atomic E-state index is 0.232. The van der Waals surface area contributed by atoms with Crippen molar-refractivity contribution < 1.29 is 61.6 Å². The van der Waals surface area contributed by atoms with Gasteiger partial charge in [-0.25, -0.2) is 0 Å². The molecule has 0 unspecified atom stereocenters. The fraction of sp³-hybridized carbons (Fsp3) is 0.750. The van der Waals surface area contributed by atoms with E-state index < -0.39 is 0 Å². The van der Waals surface area contributed by atoms with Crippen LogP contribution in [0.4, 0.5) is 0 Å². The zero-order valence-corrected chi connectivity index (χ0v) is 24.8. The smallest absolute Gasteiger partial charge is 0.203 e. The van der Waals surface area contributed by atoms with Crippen LogP contribution in [0, 0.1) is 0 Å². The van der Waals surface area contributed by atoms with Crippen molar-refractivity contribution in [3.05, 3.63) is 17.7 Å². The molecular formula is C28H48O13. The first-order chi connectivity index (χ1) is 20.3. The normalized spacial score (nSPS) is 11.1. The molecule has 1 rings (SSSR count). The molecule has 0 fully saturated rings. The maximum atomic E-state index is 11.6. The number of carbonyl (C=O) groups excluding carboxylic acids is 1. The van der Waals surface area contributed by atoms with Gasteiger partial charge in [0.15, 0.2) is 11.5 Å². The van der Waals surface area contributed by atoms with Crippen LogP contribution in [0.5, 0.6) is 17.2 Å². The summed E-state index contributed by atoms with van der Waals surface area (Å²) in [5.41, 5.74) is 0.381. The standard InChI is InChI=1S/C28H48O13/c1-30-4-7-33-10-13-36-16-19-39-26-22-25(24-29)23-27(40-20-17-37-14-11-34-8-5-31-2)28(26)41-21-18-38-15-12-35-9-6-32-3/h22-24H,4-21H2,1-3H3. The number of aldehydes is 1. The number of hydrogen-bond acceptors (Lipinski definition) is 13. The predicted molar refractivity (Wildman–Crippen MR) is 149 cm³/mol. The van der Waals surface area contributed by atoms with Gasteiger partial charge < -0.3 is 56.8 Å².